The van der Waals surface area contributed by atoms with Gasteiger partial charge < -0.3 is 5.73 Å². The summed E-state index contributed by atoms with van der Waals surface area (Å²) >= 11 is 5.31. The van der Waals surface area contributed by atoms with Crippen LogP contribution in [-0.4, -0.2) is 16.8 Å². The van der Waals surface area contributed by atoms with E-state index in [1.54, 1.807) is 11.8 Å². The minimum atomic E-state index is 0.122. The summed E-state index contributed by atoms with van der Waals surface area (Å²) in [5.74, 6) is 0.888. The van der Waals surface area contributed by atoms with Gasteiger partial charge in [-0.3, -0.25) is 4.98 Å². The summed E-state index contributed by atoms with van der Waals surface area (Å²) in [7, 11) is 0. The first-order valence-electron chi connectivity index (χ1n) is 5.78. The number of aromatic nitrogens is 1. The highest BCUT2D eigenvalue weighted by molar-refractivity contribution is 9.10. The van der Waals surface area contributed by atoms with Gasteiger partial charge in [-0.25, -0.2) is 0 Å². The van der Waals surface area contributed by atoms with E-state index in [1.807, 2.05) is 42.6 Å². The van der Waals surface area contributed by atoms with Gasteiger partial charge in [-0.2, -0.15) is 0 Å². The molecule has 1 unspecified atom stereocenters. The van der Waals surface area contributed by atoms with Crippen LogP contribution in [-0.2, 0) is 6.42 Å². The van der Waals surface area contributed by atoms with Gasteiger partial charge in [0.25, 0.3) is 0 Å². The van der Waals surface area contributed by atoms with Crippen molar-refractivity contribution in [2.75, 3.05) is 5.75 Å². The van der Waals surface area contributed by atoms with E-state index in [1.165, 1.54) is 4.90 Å². The molecule has 2 nitrogen and oxygen atoms in total. The molecule has 0 aliphatic carbocycles. The molecule has 0 spiro atoms. The van der Waals surface area contributed by atoms with E-state index in [0.717, 1.165) is 22.3 Å². The maximum Gasteiger partial charge on any atom is 0.0419 e. The topological polar surface area (TPSA) is 38.9 Å². The Morgan fingerprint density at radius 3 is 2.67 bits per heavy atom. The minimum Gasteiger partial charge on any atom is -0.327 e. The largest absolute Gasteiger partial charge is 0.327 e. The lowest BCUT2D eigenvalue weighted by Gasteiger charge is -2.11. The molecule has 18 heavy (non-hydrogen) atoms. The maximum absolute atomic E-state index is 6.13. The number of thioether (sulfide) groups is 1. The number of nitrogens with zero attached hydrogens (tertiary/aromatic N) is 1. The van der Waals surface area contributed by atoms with Crippen LogP contribution in [0.25, 0.3) is 0 Å². The lowest BCUT2D eigenvalue weighted by atomic mass is 10.2. The van der Waals surface area contributed by atoms with E-state index in [2.05, 4.69) is 27.0 Å². The lowest BCUT2D eigenvalue weighted by Crippen LogP contribution is -2.25. The average molecular weight is 323 g/mol. The molecule has 4 heteroatoms. The Morgan fingerprint density at radius 1 is 1.17 bits per heavy atom. The summed E-state index contributed by atoms with van der Waals surface area (Å²) in [6.07, 6.45) is 2.63. The first kappa shape index (κ1) is 13.6. The summed E-state index contributed by atoms with van der Waals surface area (Å²) in [5, 5.41) is 0. The Hall–Kier alpha value is -0.840. The number of hydrogen-bond acceptors (Lipinski definition) is 3. The van der Waals surface area contributed by atoms with Crippen molar-refractivity contribution in [1.82, 2.24) is 4.98 Å². The SMILES string of the molecule is NC(CSc1ccccc1Br)Cc1ccccn1. The van der Waals surface area contributed by atoms with Crippen LogP contribution in [0.1, 0.15) is 5.69 Å². The third kappa shape index (κ3) is 4.12. The average Bonchev–Trinajstić information content (AvgIpc) is 2.39. The molecular formula is C14H15BrN2S. The van der Waals surface area contributed by atoms with Crippen molar-refractivity contribution in [2.24, 2.45) is 5.73 Å². The molecule has 0 saturated carbocycles. The van der Waals surface area contributed by atoms with Crippen LogP contribution >= 0.6 is 27.7 Å². The first-order chi connectivity index (χ1) is 8.75. The zero-order valence-electron chi connectivity index (χ0n) is 9.92. The van der Waals surface area contributed by atoms with Gasteiger partial charge in [0.1, 0.15) is 0 Å². The summed E-state index contributed by atoms with van der Waals surface area (Å²) in [4.78, 5) is 5.52. The predicted octanol–water partition coefficient (Wildman–Crippen LogP) is 3.51. The van der Waals surface area contributed by atoms with Crippen LogP contribution in [0.15, 0.2) is 58.0 Å². The zero-order chi connectivity index (χ0) is 12.8. The molecule has 0 amide bonds. The van der Waals surface area contributed by atoms with Gasteiger partial charge in [0.15, 0.2) is 0 Å². The van der Waals surface area contributed by atoms with Crippen molar-refractivity contribution in [3.05, 3.63) is 58.8 Å². The molecule has 1 aromatic carbocycles. The molecule has 1 heterocycles. The van der Waals surface area contributed by atoms with Gasteiger partial charge >= 0.3 is 0 Å². The molecule has 0 aliphatic heterocycles. The quantitative estimate of drug-likeness (QED) is 0.856. The van der Waals surface area contributed by atoms with Gasteiger partial charge in [-0.1, -0.05) is 18.2 Å². The number of pyridine rings is 1. The van der Waals surface area contributed by atoms with Crippen molar-refractivity contribution < 1.29 is 0 Å². The van der Waals surface area contributed by atoms with Gasteiger partial charge in [0.05, 0.1) is 0 Å². The predicted molar refractivity (Wildman–Crippen MR) is 80.8 cm³/mol. The monoisotopic (exact) mass is 322 g/mol. The second-order valence-corrected chi connectivity index (χ2v) is 5.94. The molecule has 2 N–H and O–H groups in total. The molecule has 0 saturated heterocycles. The smallest absolute Gasteiger partial charge is 0.0419 e. The van der Waals surface area contributed by atoms with Gasteiger partial charge in [-0.15, -0.1) is 11.8 Å². The summed E-state index contributed by atoms with van der Waals surface area (Å²) in [6, 6.07) is 14.3. The number of nitrogens with two attached hydrogens (primary N) is 1. The van der Waals surface area contributed by atoms with E-state index < -0.39 is 0 Å². The fourth-order valence-electron chi connectivity index (χ4n) is 1.61. The molecule has 2 aromatic rings. The fourth-order valence-corrected chi connectivity index (χ4v) is 3.13. The normalized spacial score (nSPS) is 12.3. The standard InChI is InChI=1S/C14H15BrN2S/c15-13-6-1-2-7-14(13)18-10-11(16)9-12-5-3-4-8-17-12/h1-8,11H,9-10,16H2. The van der Waals surface area contributed by atoms with Crippen molar-refractivity contribution >= 4 is 27.7 Å². The molecule has 1 aromatic heterocycles. The fraction of sp³-hybridized carbons (Fsp3) is 0.214. The molecule has 2 rings (SSSR count). The minimum absolute atomic E-state index is 0.122. The van der Waals surface area contributed by atoms with E-state index in [9.17, 15) is 0 Å². The van der Waals surface area contributed by atoms with Gasteiger partial charge in [0, 0.05) is 39.5 Å². The number of benzene rings is 1. The Labute approximate surface area is 120 Å². The van der Waals surface area contributed by atoms with Crippen LogP contribution in [0.5, 0.6) is 0 Å². The van der Waals surface area contributed by atoms with Crippen molar-refractivity contribution in [3.8, 4) is 0 Å². The van der Waals surface area contributed by atoms with Crippen molar-refractivity contribution in [3.63, 3.8) is 0 Å². The van der Waals surface area contributed by atoms with Crippen LogP contribution < -0.4 is 5.73 Å². The molecule has 1 atom stereocenters. The highest BCUT2D eigenvalue weighted by Crippen LogP contribution is 2.27. The van der Waals surface area contributed by atoms with Crippen LogP contribution in [0, 0.1) is 0 Å². The molecule has 0 fully saturated rings. The molecule has 94 valence electrons. The lowest BCUT2D eigenvalue weighted by molar-refractivity contribution is 0.732. The number of rotatable bonds is 5. The molecular weight excluding hydrogens is 308 g/mol. The highest BCUT2D eigenvalue weighted by atomic mass is 79.9. The van der Waals surface area contributed by atoms with Crippen LogP contribution in [0.3, 0.4) is 0 Å². The second kappa shape index (κ2) is 6.92. The third-order valence-corrected chi connectivity index (χ3v) is 4.70. The van der Waals surface area contributed by atoms with E-state index in [-0.39, 0.29) is 6.04 Å². The molecule has 0 aliphatic rings. The van der Waals surface area contributed by atoms with E-state index >= 15 is 0 Å². The number of hydrogen-bond donors (Lipinski definition) is 1. The summed E-state index contributed by atoms with van der Waals surface area (Å²) in [6.45, 7) is 0. The Bertz CT molecular complexity index is 490. The first-order valence-corrected chi connectivity index (χ1v) is 7.56. The maximum atomic E-state index is 6.13. The zero-order valence-corrected chi connectivity index (χ0v) is 12.3. The highest BCUT2D eigenvalue weighted by Gasteiger charge is 2.07. The van der Waals surface area contributed by atoms with Crippen LogP contribution in [0.2, 0.25) is 0 Å². The van der Waals surface area contributed by atoms with E-state index in [4.69, 9.17) is 5.73 Å². The van der Waals surface area contributed by atoms with Crippen molar-refractivity contribution in [2.45, 2.75) is 17.4 Å². The Morgan fingerprint density at radius 2 is 1.94 bits per heavy atom. The van der Waals surface area contributed by atoms with Crippen LogP contribution in [0.4, 0.5) is 0 Å². The Kier molecular flexibility index (Phi) is 5.23. The van der Waals surface area contributed by atoms with Crippen molar-refractivity contribution in [1.29, 1.82) is 0 Å². The van der Waals surface area contributed by atoms with Gasteiger partial charge in [0.2, 0.25) is 0 Å². The summed E-state index contributed by atoms with van der Waals surface area (Å²) in [5.41, 5.74) is 7.18. The Balaban J connectivity index is 1.86. The molecule has 0 radical (unpaired) electrons. The molecule has 0 bridgehead atoms. The number of halogens is 1. The van der Waals surface area contributed by atoms with Gasteiger partial charge in [-0.05, 0) is 40.2 Å². The van der Waals surface area contributed by atoms with E-state index in [0.29, 0.717) is 0 Å². The third-order valence-electron chi connectivity index (χ3n) is 2.49. The summed E-state index contributed by atoms with van der Waals surface area (Å²) < 4.78 is 1.13. The second-order valence-electron chi connectivity index (χ2n) is 4.03.